The number of aliphatic carboxylic acids is 1. The maximum atomic E-state index is 12.2. The van der Waals surface area contributed by atoms with E-state index in [1.807, 2.05) is 0 Å². The Labute approximate surface area is 152 Å². The fourth-order valence-corrected chi connectivity index (χ4v) is 3.08. The van der Waals surface area contributed by atoms with Crippen LogP contribution in [0.1, 0.15) is 31.1 Å². The van der Waals surface area contributed by atoms with Crippen molar-refractivity contribution >= 4 is 33.6 Å². The summed E-state index contributed by atoms with van der Waals surface area (Å²) in [6.07, 6.45) is 1.59. The van der Waals surface area contributed by atoms with E-state index in [1.54, 1.807) is 31.2 Å². The molecule has 9 heteroatoms. The number of benzene rings is 1. The third kappa shape index (κ3) is 9.85. The average Bonchev–Trinajstić information content (AvgIpc) is 2.53. The Balaban J connectivity index is 0.00000129. The van der Waals surface area contributed by atoms with E-state index in [4.69, 9.17) is 26.2 Å². The molecule has 0 aliphatic rings. The lowest BCUT2D eigenvalue weighted by atomic mass is 10.1. The smallest absolute Gasteiger partial charge is 0.305 e. The molecule has 0 aliphatic heterocycles. The second-order valence-corrected chi connectivity index (χ2v) is 7.06. The van der Waals surface area contributed by atoms with Crippen molar-refractivity contribution in [3.63, 3.8) is 0 Å². The first kappa shape index (κ1) is 23.1. The number of carbonyl (C=O) groups is 2. The SMILES string of the molecule is C=CC(c1ccc(Cl)cc1)S(=O)(=O)NCCOC(=O)CC.CC(=O)O. The van der Waals surface area contributed by atoms with E-state index in [-0.39, 0.29) is 25.5 Å². The molecule has 25 heavy (non-hydrogen) atoms. The van der Waals surface area contributed by atoms with Crippen LogP contribution in [0.2, 0.25) is 5.02 Å². The van der Waals surface area contributed by atoms with Gasteiger partial charge in [-0.2, -0.15) is 0 Å². The third-order valence-electron chi connectivity index (χ3n) is 2.70. The molecule has 1 aromatic rings. The van der Waals surface area contributed by atoms with Gasteiger partial charge in [0, 0.05) is 24.9 Å². The summed E-state index contributed by atoms with van der Waals surface area (Å²) in [4.78, 5) is 20.0. The summed E-state index contributed by atoms with van der Waals surface area (Å²) in [5.74, 6) is -1.20. The summed E-state index contributed by atoms with van der Waals surface area (Å²) < 4.78 is 31.6. The Morgan fingerprint density at radius 3 is 2.32 bits per heavy atom. The number of carbonyl (C=O) groups excluding carboxylic acids is 1. The molecule has 1 unspecified atom stereocenters. The van der Waals surface area contributed by atoms with Crippen LogP contribution in [0, 0.1) is 0 Å². The minimum Gasteiger partial charge on any atom is -0.481 e. The van der Waals surface area contributed by atoms with E-state index in [0.29, 0.717) is 10.6 Å². The van der Waals surface area contributed by atoms with Crippen molar-refractivity contribution in [1.29, 1.82) is 0 Å². The maximum absolute atomic E-state index is 12.2. The Kier molecular flexibility index (Phi) is 10.7. The molecule has 0 saturated heterocycles. The maximum Gasteiger partial charge on any atom is 0.305 e. The summed E-state index contributed by atoms with van der Waals surface area (Å²) in [6, 6.07) is 6.49. The van der Waals surface area contributed by atoms with Crippen LogP contribution in [0.4, 0.5) is 0 Å². The summed E-state index contributed by atoms with van der Waals surface area (Å²) >= 11 is 5.78. The molecule has 0 spiro atoms. The third-order valence-corrected chi connectivity index (χ3v) is 4.70. The van der Waals surface area contributed by atoms with Crippen molar-refractivity contribution in [2.75, 3.05) is 13.2 Å². The minimum atomic E-state index is -3.65. The predicted molar refractivity (Wildman–Crippen MR) is 95.9 cm³/mol. The zero-order valence-electron chi connectivity index (χ0n) is 14.1. The molecular weight excluding hydrogens is 370 g/mol. The molecule has 0 saturated carbocycles. The van der Waals surface area contributed by atoms with E-state index in [9.17, 15) is 13.2 Å². The molecule has 0 aromatic heterocycles. The number of carboxylic acid groups (broad SMARTS) is 1. The van der Waals surface area contributed by atoms with Crippen LogP contribution in [-0.2, 0) is 24.3 Å². The van der Waals surface area contributed by atoms with Crippen molar-refractivity contribution in [2.45, 2.75) is 25.5 Å². The Bertz CT molecular complexity index is 668. The van der Waals surface area contributed by atoms with Gasteiger partial charge in [-0.25, -0.2) is 13.1 Å². The molecule has 0 radical (unpaired) electrons. The lowest BCUT2D eigenvalue weighted by molar-refractivity contribution is -0.143. The van der Waals surface area contributed by atoms with Gasteiger partial charge in [0.1, 0.15) is 11.9 Å². The summed E-state index contributed by atoms with van der Waals surface area (Å²) in [6.45, 7) is 6.33. The van der Waals surface area contributed by atoms with Gasteiger partial charge in [-0.3, -0.25) is 9.59 Å². The van der Waals surface area contributed by atoms with Gasteiger partial charge < -0.3 is 9.84 Å². The van der Waals surface area contributed by atoms with Gasteiger partial charge in [0.05, 0.1) is 0 Å². The Morgan fingerprint density at radius 1 is 1.36 bits per heavy atom. The van der Waals surface area contributed by atoms with E-state index in [0.717, 1.165) is 6.92 Å². The first-order chi connectivity index (χ1) is 11.6. The molecule has 1 aromatic carbocycles. The molecule has 0 heterocycles. The fraction of sp³-hybridized carbons (Fsp3) is 0.375. The Morgan fingerprint density at radius 2 is 1.88 bits per heavy atom. The number of hydrogen-bond donors (Lipinski definition) is 2. The highest BCUT2D eigenvalue weighted by Crippen LogP contribution is 2.24. The monoisotopic (exact) mass is 391 g/mol. The van der Waals surface area contributed by atoms with Gasteiger partial charge in [0.25, 0.3) is 5.97 Å². The average molecular weight is 392 g/mol. The van der Waals surface area contributed by atoms with Crippen molar-refractivity contribution in [2.24, 2.45) is 0 Å². The van der Waals surface area contributed by atoms with E-state index >= 15 is 0 Å². The fourth-order valence-electron chi connectivity index (χ4n) is 1.64. The molecule has 0 amide bonds. The van der Waals surface area contributed by atoms with Crippen LogP contribution in [0.25, 0.3) is 0 Å². The van der Waals surface area contributed by atoms with Crippen molar-refractivity contribution in [3.05, 3.63) is 47.5 Å². The second kappa shape index (κ2) is 11.6. The van der Waals surface area contributed by atoms with Crippen LogP contribution < -0.4 is 4.72 Å². The second-order valence-electron chi connectivity index (χ2n) is 4.74. The zero-order valence-corrected chi connectivity index (χ0v) is 15.6. The summed E-state index contributed by atoms with van der Waals surface area (Å²) in [5.41, 5.74) is 0.562. The van der Waals surface area contributed by atoms with E-state index < -0.39 is 21.2 Å². The normalized spacial score (nSPS) is 11.6. The number of halogens is 1. The zero-order chi connectivity index (χ0) is 19.5. The van der Waals surface area contributed by atoms with Gasteiger partial charge in [0.2, 0.25) is 10.0 Å². The summed E-state index contributed by atoms with van der Waals surface area (Å²) in [7, 11) is -3.65. The predicted octanol–water partition coefficient (Wildman–Crippen LogP) is 2.53. The lowest BCUT2D eigenvalue weighted by Crippen LogP contribution is -2.31. The van der Waals surface area contributed by atoms with Crippen molar-refractivity contribution in [1.82, 2.24) is 4.72 Å². The largest absolute Gasteiger partial charge is 0.481 e. The van der Waals surface area contributed by atoms with Crippen LogP contribution in [0.3, 0.4) is 0 Å². The number of nitrogens with one attached hydrogen (secondary N) is 1. The molecule has 140 valence electrons. The molecule has 7 nitrogen and oxygen atoms in total. The number of ether oxygens (including phenoxy) is 1. The van der Waals surface area contributed by atoms with Crippen molar-refractivity contribution < 1.29 is 27.9 Å². The first-order valence-corrected chi connectivity index (χ1v) is 9.28. The van der Waals surface area contributed by atoms with Crippen LogP contribution >= 0.6 is 11.6 Å². The molecule has 0 fully saturated rings. The molecular formula is C16H22ClNO6S. The van der Waals surface area contributed by atoms with E-state index in [2.05, 4.69) is 11.3 Å². The molecule has 0 bridgehead atoms. The van der Waals surface area contributed by atoms with E-state index in [1.165, 1.54) is 6.08 Å². The highest BCUT2D eigenvalue weighted by molar-refractivity contribution is 7.89. The molecule has 1 rings (SSSR count). The number of sulfonamides is 1. The van der Waals surface area contributed by atoms with Gasteiger partial charge in [-0.15, -0.1) is 6.58 Å². The first-order valence-electron chi connectivity index (χ1n) is 7.35. The quantitative estimate of drug-likeness (QED) is 0.400. The number of carboxylic acids is 1. The molecule has 0 aliphatic carbocycles. The number of hydrogen-bond acceptors (Lipinski definition) is 5. The van der Waals surface area contributed by atoms with Crippen molar-refractivity contribution in [3.8, 4) is 0 Å². The highest BCUT2D eigenvalue weighted by atomic mass is 35.5. The van der Waals surface area contributed by atoms with Crippen LogP contribution in [0.5, 0.6) is 0 Å². The van der Waals surface area contributed by atoms with Gasteiger partial charge in [-0.05, 0) is 17.7 Å². The van der Waals surface area contributed by atoms with Gasteiger partial charge >= 0.3 is 5.97 Å². The summed E-state index contributed by atoms with van der Waals surface area (Å²) in [5, 5.41) is 7.05. The van der Waals surface area contributed by atoms with Gasteiger partial charge in [-0.1, -0.05) is 36.7 Å². The standard InChI is InChI=1S/C14H18ClNO4S.C2H4O2/c1-3-13(11-5-7-12(15)8-6-11)21(18,19)16-9-10-20-14(17)4-2;1-2(3)4/h3,5-8,13,16H,1,4,9-10H2,2H3;1H3,(H,3,4). The van der Waals surface area contributed by atoms with Gasteiger partial charge in [0.15, 0.2) is 0 Å². The number of esters is 1. The molecule has 2 N–H and O–H groups in total. The minimum absolute atomic E-state index is 0.00359. The molecule has 1 atom stereocenters. The highest BCUT2D eigenvalue weighted by Gasteiger charge is 2.23. The lowest BCUT2D eigenvalue weighted by Gasteiger charge is -2.15. The topological polar surface area (TPSA) is 110 Å². The van der Waals surface area contributed by atoms with Crippen LogP contribution in [-0.4, -0.2) is 38.6 Å². The van der Waals surface area contributed by atoms with Crippen LogP contribution in [0.15, 0.2) is 36.9 Å². The Hall–Kier alpha value is -1.90. The number of rotatable bonds is 8.